The minimum Gasteiger partial charge on any atom is -0.475 e. The lowest BCUT2D eigenvalue weighted by Crippen LogP contribution is -2.01. The first-order chi connectivity index (χ1) is 6.97. The first kappa shape index (κ1) is 11.7. The van der Waals surface area contributed by atoms with Crippen molar-refractivity contribution < 1.29 is 19.1 Å². The van der Waals surface area contributed by atoms with Crippen molar-refractivity contribution in [2.24, 2.45) is 0 Å². The fraction of sp³-hybridized carbons (Fsp3) is 0.600. The predicted octanol–water partition coefficient (Wildman–Crippen LogP) is 2.20. The molecule has 0 fully saturated rings. The van der Waals surface area contributed by atoms with Crippen molar-refractivity contribution in [1.82, 2.24) is 4.98 Å². The minimum atomic E-state index is -1.10. The maximum atomic E-state index is 10.9. The molecule has 1 N–H and O–H groups in total. The second kappa shape index (κ2) is 4.44. The van der Waals surface area contributed by atoms with E-state index in [1.54, 1.807) is 6.92 Å². The molecule has 5 nitrogen and oxygen atoms in total. The summed E-state index contributed by atoms with van der Waals surface area (Å²) in [7, 11) is 1.52. The zero-order valence-electron chi connectivity index (χ0n) is 9.27. The maximum absolute atomic E-state index is 10.9. The Balaban J connectivity index is 3.15. The number of methoxy groups -OCH3 is 1. The van der Waals surface area contributed by atoms with E-state index in [2.05, 4.69) is 4.98 Å². The lowest BCUT2D eigenvalue weighted by Gasteiger charge is -2.02. The summed E-state index contributed by atoms with van der Waals surface area (Å²) in [5.41, 5.74) is 0.460. The van der Waals surface area contributed by atoms with Crippen molar-refractivity contribution in [3.8, 4) is 0 Å². The van der Waals surface area contributed by atoms with Gasteiger partial charge in [-0.2, -0.15) is 0 Å². The Morgan fingerprint density at radius 2 is 2.07 bits per heavy atom. The van der Waals surface area contributed by atoms with Crippen molar-refractivity contribution in [1.29, 1.82) is 0 Å². The summed E-state index contributed by atoms with van der Waals surface area (Å²) in [6, 6.07) is 0. The third-order valence-corrected chi connectivity index (χ3v) is 2.11. The third kappa shape index (κ3) is 2.36. The number of carboxylic acid groups (broad SMARTS) is 1. The molecule has 0 bridgehead atoms. The monoisotopic (exact) mass is 213 g/mol. The van der Waals surface area contributed by atoms with Crippen molar-refractivity contribution >= 4 is 5.97 Å². The fourth-order valence-electron chi connectivity index (χ4n) is 1.17. The van der Waals surface area contributed by atoms with Crippen molar-refractivity contribution in [2.45, 2.75) is 32.8 Å². The van der Waals surface area contributed by atoms with Crippen LogP contribution in [0.25, 0.3) is 0 Å². The zero-order valence-corrected chi connectivity index (χ0v) is 9.27. The number of carboxylic acids is 1. The molecule has 5 heteroatoms. The molecule has 0 saturated heterocycles. The van der Waals surface area contributed by atoms with E-state index >= 15 is 0 Å². The summed E-state index contributed by atoms with van der Waals surface area (Å²) in [6.45, 7) is 5.48. The lowest BCUT2D eigenvalue weighted by molar-refractivity contribution is 0.0634. The highest BCUT2D eigenvalue weighted by Crippen LogP contribution is 2.24. The van der Waals surface area contributed by atoms with Crippen LogP contribution in [-0.4, -0.2) is 23.2 Å². The number of hydrogen-bond donors (Lipinski definition) is 1. The molecule has 0 spiro atoms. The number of nitrogens with zero attached hydrogens (tertiary/aromatic N) is 1. The van der Waals surface area contributed by atoms with Crippen LogP contribution in [-0.2, 0) is 4.74 Å². The Kier molecular flexibility index (Phi) is 3.47. The van der Waals surface area contributed by atoms with Crippen LogP contribution in [0.4, 0.5) is 0 Å². The smallest absolute Gasteiger partial charge is 0.373 e. The predicted molar refractivity (Wildman–Crippen MR) is 53.0 cm³/mol. The number of aromatic carboxylic acids is 1. The number of carbonyl (C=O) groups is 1. The van der Waals surface area contributed by atoms with E-state index in [4.69, 9.17) is 14.3 Å². The topological polar surface area (TPSA) is 72.6 Å². The van der Waals surface area contributed by atoms with Gasteiger partial charge >= 0.3 is 5.97 Å². The highest BCUT2D eigenvalue weighted by Gasteiger charge is 2.23. The van der Waals surface area contributed by atoms with Crippen molar-refractivity contribution in [3.63, 3.8) is 0 Å². The van der Waals surface area contributed by atoms with Gasteiger partial charge in [-0.25, -0.2) is 9.78 Å². The van der Waals surface area contributed by atoms with Gasteiger partial charge < -0.3 is 14.3 Å². The van der Waals surface area contributed by atoms with E-state index in [1.165, 1.54) is 7.11 Å². The van der Waals surface area contributed by atoms with E-state index < -0.39 is 5.97 Å². The Morgan fingerprint density at radius 1 is 1.47 bits per heavy atom. The van der Waals surface area contributed by atoms with Gasteiger partial charge in [0.25, 0.3) is 0 Å². The van der Waals surface area contributed by atoms with Crippen LogP contribution >= 0.6 is 0 Å². The molecular weight excluding hydrogens is 198 g/mol. The number of aromatic nitrogens is 1. The Morgan fingerprint density at radius 3 is 2.40 bits per heavy atom. The van der Waals surface area contributed by atoms with Gasteiger partial charge in [-0.05, 0) is 12.8 Å². The molecule has 0 amide bonds. The van der Waals surface area contributed by atoms with Gasteiger partial charge in [-0.15, -0.1) is 0 Å². The molecule has 0 aliphatic heterocycles. The van der Waals surface area contributed by atoms with Gasteiger partial charge in [0, 0.05) is 7.11 Å². The van der Waals surface area contributed by atoms with E-state index in [0.717, 1.165) is 0 Å². The highest BCUT2D eigenvalue weighted by atomic mass is 16.5. The highest BCUT2D eigenvalue weighted by molar-refractivity contribution is 5.85. The molecule has 84 valence electrons. The molecule has 0 aliphatic carbocycles. The molecule has 0 aliphatic rings. The first-order valence-electron chi connectivity index (χ1n) is 4.74. The van der Waals surface area contributed by atoms with E-state index in [-0.39, 0.29) is 17.8 Å². The molecule has 1 aromatic rings. The fourth-order valence-corrected chi connectivity index (χ4v) is 1.17. The Labute approximate surface area is 88.1 Å². The van der Waals surface area contributed by atoms with E-state index in [0.29, 0.717) is 11.6 Å². The molecule has 1 rings (SSSR count). The summed E-state index contributed by atoms with van der Waals surface area (Å²) < 4.78 is 10.2. The molecule has 1 heterocycles. The van der Waals surface area contributed by atoms with Gasteiger partial charge in [0.1, 0.15) is 6.10 Å². The van der Waals surface area contributed by atoms with Crippen LogP contribution in [0, 0.1) is 0 Å². The Bertz CT molecular complexity index is 356. The molecule has 1 atom stereocenters. The SMILES string of the molecule is COC(C)c1nc(C(C)C)c(C(=O)O)o1. The second-order valence-corrected chi connectivity index (χ2v) is 3.60. The second-order valence-electron chi connectivity index (χ2n) is 3.60. The summed E-state index contributed by atoms with van der Waals surface area (Å²) in [5, 5.41) is 8.91. The van der Waals surface area contributed by atoms with Gasteiger partial charge in [0.15, 0.2) is 0 Å². The molecule has 1 unspecified atom stereocenters. The molecule has 0 saturated carbocycles. The van der Waals surface area contributed by atoms with Crippen LogP contribution in [0.1, 0.15) is 54.9 Å². The lowest BCUT2D eigenvalue weighted by atomic mass is 10.1. The maximum Gasteiger partial charge on any atom is 0.373 e. The average molecular weight is 213 g/mol. The summed E-state index contributed by atoms with van der Waals surface area (Å²) >= 11 is 0. The van der Waals surface area contributed by atoms with Gasteiger partial charge in [0.05, 0.1) is 5.69 Å². The average Bonchev–Trinajstić information content (AvgIpc) is 2.61. The quantitative estimate of drug-likeness (QED) is 0.830. The van der Waals surface area contributed by atoms with Gasteiger partial charge in [0.2, 0.25) is 11.7 Å². The molecular formula is C10H15NO4. The van der Waals surface area contributed by atoms with Crippen LogP contribution in [0.15, 0.2) is 4.42 Å². The van der Waals surface area contributed by atoms with E-state index in [1.807, 2.05) is 13.8 Å². The van der Waals surface area contributed by atoms with Crippen molar-refractivity contribution in [2.75, 3.05) is 7.11 Å². The largest absolute Gasteiger partial charge is 0.475 e. The summed E-state index contributed by atoms with van der Waals surface area (Å²) in [5.74, 6) is -0.874. The minimum absolute atomic E-state index is 0.0117. The number of ether oxygens (including phenoxy) is 1. The van der Waals surface area contributed by atoms with Crippen LogP contribution in [0.2, 0.25) is 0 Å². The molecule has 15 heavy (non-hydrogen) atoms. The number of rotatable bonds is 4. The number of hydrogen-bond acceptors (Lipinski definition) is 4. The first-order valence-corrected chi connectivity index (χ1v) is 4.74. The summed E-state index contributed by atoms with van der Waals surface area (Å²) in [4.78, 5) is 15.0. The third-order valence-electron chi connectivity index (χ3n) is 2.11. The number of oxazole rings is 1. The Hall–Kier alpha value is -1.36. The molecule has 0 aromatic carbocycles. The van der Waals surface area contributed by atoms with E-state index in [9.17, 15) is 4.79 Å². The van der Waals surface area contributed by atoms with Gasteiger partial charge in [-0.3, -0.25) is 0 Å². The standard InChI is InChI=1S/C10H15NO4/c1-5(2)7-8(10(12)13)15-9(11-7)6(3)14-4/h5-6H,1-4H3,(H,12,13). The van der Waals surface area contributed by atoms with Crippen LogP contribution in [0.3, 0.4) is 0 Å². The van der Waals surface area contributed by atoms with Crippen LogP contribution in [0.5, 0.6) is 0 Å². The van der Waals surface area contributed by atoms with Gasteiger partial charge in [-0.1, -0.05) is 13.8 Å². The molecule has 1 aromatic heterocycles. The van der Waals surface area contributed by atoms with Crippen LogP contribution < -0.4 is 0 Å². The zero-order chi connectivity index (χ0) is 11.6. The normalized spacial score (nSPS) is 13.1. The van der Waals surface area contributed by atoms with Crippen molar-refractivity contribution in [3.05, 3.63) is 17.3 Å². The summed E-state index contributed by atoms with van der Waals surface area (Å²) in [6.07, 6.45) is -0.337. The molecule has 0 radical (unpaired) electrons.